The highest BCUT2D eigenvalue weighted by atomic mass is 32.2. The number of fused-ring (bicyclic) bond motifs is 2. The molecule has 0 fully saturated rings. The van der Waals surface area contributed by atoms with E-state index in [0.29, 0.717) is 66.3 Å². The van der Waals surface area contributed by atoms with E-state index in [1.165, 1.54) is 29.6 Å². The van der Waals surface area contributed by atoms with Crippen molar-refractivity contribution in [1.82, 2.24) is 19.9 Å². The normalized spacial score (nSPS) is 10.7. The van der Waals surface area contributed by atoms with E-state index in [4.69, 9.17) is 25.7 Å². The lowest BCUT2D eigenvalue weighted by Gasteiger charge is -2.13. The van der Waals surface area contributed by atoms with Gasteiger partial charge in [-0.1, -0.05) is 47.8 Å². The van der Waals surface area contributed by atoms with Crippen LogP contribution in [0.25, 0.3) is 44.3 Å². The van der Waals surface area contributed by atoms with Crippen LogP contribution in [0.15, 0.2) is 83.1 Å². The highest BCUT2D eigenvalue weighted by molar-refractivity contribution is 7.98. The van der Waals surface area contributed by atoms with Crippen molar-refractivity contribution in [3.8, 4) is 34.0 Å². The molecule has 0 aliphatic heterocycles. The topological polar surface area (TPSA) is 186 Å². The summed E-state index contributed by atoms with van der Waals surface area (Å²) < 4.78 is 15.7. The number of carbonyl (C=O) groups excluding carboxylic acids is 1. The second-order valence-corrected chi connectivity index (χ2v) is 12.0. The van der Waals surface area contributed by atoms with Gasteiger partial charge in [0.25, 0.3) is 0 Å². The number of thioether (sulfide) groups is 2. The molecule has 14 heteroatoms. The number of nitrogen functional groups attached to an aromatic ring is 2. The summed E-state index contributed by atoms with van der Waals surface area (Å²) in [6.07, 6.45) is 3.79. The van der Waals surface area contributed by atoms with Crippen LogP contribution < -0.4 is 20.9 Å². The summed E-state index contributed by atoms with van der Waals surface area (Å²) in [6, 6.07) is 21.4. The predicted octanol–water partition coefficient (Wildman–Crippen LogP) is 7.09. The first-order valence-corrected chi connectivity index (χ1v) is 17.6. The maximum Gasteiger partial charge on any atom is 0.340 e. The lowest BCUT2D eigenvalue weighted by molar-refractivity contribution is 0.0527. The summed E-state index contributed by atoms with van der Waals surface area (Å²) in [6.45, 7) is 2.03. The molecule has 6 aromatic rings. The molecule has 0 radical (unpaired) electrons. The lowest BCUT2D eigenvalue weighted by Crippen LogP contribution is -2.09. The molecular weight excluding hydrogens is 677 g/mol. The van der Waals surface area contributed by atoms with Crippen molar-refractivity contribution >= 4 is 68.6 Å². The number of carboxylic acids is 1. The number of esters is 1. The number of ether oxygens (including phenoxy) is 3. The van der Waals surface area contributed by atoms with Crippen LogP contribution in [0.3, 0.4) is 0 Å². The summed E-state index contributed by atoms with van der Waals surface area (Å²) in [7, 11) is 3.19. The Labute approximate surface area is 296 Å². The van der Waals surface area contributed by atoms with Crippen molar-refractivity contribution in [2.75, 3.05) is 44.8 Å². The fourth-order valence-electron chi connectivity index (χ4n) is 5.17. The van der Waals surface area contributed by atoms with Gasteiger partial charge in [0.15, 0.2) is 10.3 Å². The number of benzene rings is 4. The number of nitrogens with zero attached hydrogens (tertiary/aromatic N) is 4. The molecule has 0 bridgehead atoms. The number of carbonyl (C=O) groups is 2. The third-order valence-corrected chi connectivity index (χ3v) is 8.64. The van der Waals surface area contributed by atoms with Gasteiger partial charge < -0.3 is 30.8 Å². The molecule has 50 heavy (non-hydrogen) atoms. The number of nitrogens with two attached hydrogens (primary N) is 2. The third-order valence-electron chi connectivity index (χ3n) is 7.54. The Bertz CT molecular complexity index is 2230. The molecule has 0 aliphatic rings. The van der Waals surface area contributed by atoms with E-state index in [0.717, 1.165) is 11.1 Å². The van der Waals surface area contributed by atoms with Crippen LogP contribution in [0.5, 0.6) is 11.5 Å². The van der Waals surface area contributed by atoms with Crippen molar-refractivity contribution < 1.29 is 28.9 Å². The molecule has 4 aromatic carbocycles. The Balaban J connectivity index is 0.000000195. The van der Waals surface area contributed by atoms with Crippen LogP contribution in [-0.4, -0.2) is 70.3 Å². The molecule has 6 rings (SSSR count). The molecule has 0 unspecified atom stereocenters. The highest BCUT2D eigenvalue weighted by Crippen LogP contribution is 2.37. The van der Waals surface area contributed by atoms with Crippen LogP contribution in [0.4, 0.5) is 11.4 Å². The Morgan fingerprint density at radius 1 is 0.700 bits per heavy atom. The lowest BCUT2D eigenvalue weighted by atomic mass is 10.0. The number of aromatic carboxylic acids is 1. The minimum atomic E-state index is -1.08. The van der Waals surface area contributed by atoms with Gasteiger partial charge in [0, 0.05) is 11.1 Å². The van der Waals surface area contributed by atoms with Gasteiger partial charge in [0.2, 0.25) is 0 Å². The number of anilines is 2. The minimum Gasteiger partial charge on any atom is -0.497 e. The average molecular weight is 711 g/mol. The Morgan fingerprint density at radius 2 is 1.16 bits per heavy atom. The number of aromatic nitrogens is 4. The van der Waals surface area contributed by atoms with Gasteiger partial charge in [-0.15, -0.1) is 0 Å². The summed E-state index contributed by atoms with van der Waals surface area (Å²) in [5.41, 5.74) is 17.4. The number of hydrogen-bond donors (Lipinski definition) is 3. The quantitative estimate of drug-likeness (QED) is 0.0597. The van der Waals surface area contributed by atoms with Crippen molar-refractivity contribution in [2.45, 2.75) is 17.2 Å². The van der Waals surface area contributed by atoms with Crippen molar-refractivity contribution in [3.63, 3.8) is 0 Å². The number of hydrogen-bond acceptors (Lipinski definition) is 13. The SMILES string of the molecule is CCOC(=O)c1ccc2nc(SC)nc(-c3cccc(OC)c3)c2c1N.COc1cccc(-c2nc(SC)nc3ccc(C(=O)O)c(N)c23)c1. The van der Waals surface area contributed by atoms with Crippen LogP contribution in [0.1, 0.15) is 27.6 Å². The van der Waals surface area contributed by atoms with Gasteiger partial charge in [-0.2, -0.15) is 0 Å². The maximum atomic E-state index is 12.2. The fourth-order valence-corrected chi connectivity index (χ4v) is 5.92. The molecule has 0 saturated heterocycles. The molecule has 5 N–H and O–H groups in total. The van der Waals surface area contributed by atoms with Gasteiger partial charge in [-0.25, -0.2) is 29.5 Å². The minimum absolute atomic E-state index is 0.0344. The molecule has 256 valence electrons. The van der Waals surface area contributed by atoms with E-state index < -0.39 is 11.9 Å². The van der Waals surface area contributed by atoms with E-state index in [9.17, 15) is 14.7 Å². The second kappa shape index (κ2) is 15.7. The monoisotopic (exact) mass is 710 g/mol. The van der Waals surface area contributed by atoms with Gasteiger partial charge >= 0.3 is 11.9 Å². The average Bonchev–Trinajstić information content (AvgIpc) is 3.14. The second-order valence-electron chi connectivity index (χ2n) is 10.4. The first kappa shape index (κ1) is 35.7. The smallest absolute Gasteiger partial charge is 0.340 e. The molecule has 0 aliphatic carbocycles. The standard InChI is InChI=1S/C19H19N3O3S.C17H15N3O3S/c1-4-25-18(23)13-8-9-14-15(16(13)20)17(22-19(21-14)26-3)11-6-5-7-12(10-11)24-2;1-23-10-5-3-4-9(8-10)15-13-12(19-17(20-15)24-2)7-6-11(14(13)18)16(21)22/h5-10H,4,20H2,1-3H3;3-8H,18H2,1-2H3,(H,21,22). The first-order valence-electron chi connectivity index (χ1n) is 15.1. The van der Waals surface area contributed by atoms with Gasteiger partial charge in [0.1, 0.15) is 11.5 Å². The molecule has 12 nitrogen and oxygen atoms in total. The van der Waals surface area contributed by atoms with Gasteiger partial charge in [-0.3, -0.25) is 0 Å². The predicted molar refractivity (Wildman–Crippen MR) is 198 cm³/mol. The number of carboxylic acid groups (broad SMARTS) is 1. The summed E-state index contributed by atoms with van der Waals surface area (Å²) in [4.78, 5) is 41.7. The van der Waals surface area contributed by atoms with Gasteiger partial charge in [0.05, 0.1) is 76.5 Å². The Kier molecular flexibility index (Phi) is 11.2. The maximum absolute atomic E-state index is 12.2. The number of rotatable bonds is 9. The molecule has 2 aromatic heterocycles. The Hall–Kier alpha value is -5.60. The van der Waals surface area contributed by atoms with Gasteiger partial charge in [-0.05, 0) is 68.0 Å². The van der Waals surface area contributed by atoms with Crippen molar-refractivity contribution in [2.24, 2.45) is 0 Å². The summed E-state index contributed by atoms with van der Waals surface area (Å²) in [5, 5.41) is 11.7. The molecule has 0 amide bonds. The van der Waals surface area contributed by atoms with Crippen LogP contribution in [0, 0.1) is 0 Å². The van der Waals surface area contributed by atoms with E-state index in [1.54, 1.807) is 39.3 Å². The Morgan fingerprint density at radius 3 is 1.58 bits per heavy atom. The van der Waals surface area contributed by atoms with Crippen LogP contribution >= 0.6 is 23.5 Å². The molecule has 0 atom stereocenters. The van der Waals surface area contributed by atoms with Crippen LogP contribution in [0.2, 0.25) is 0 Å². The summed E-state index contributed by atoms with van der Waals surface area (Å²) in [5.74, 6) is -0.157. The summed E-state index contributed by atoms with van der Waals surface area (Å²) >= 11 is 2.85. The third kappa shape index (κ3) is 7.36. The molecular formula is C36H34N6O6S2. The number of methoxy groups -OCH3 is 2. The zero-order chi connectivity index (χ0) is 35.9. The van der Waals surface area contributed by atoms with E-state index in [2.05, 4.69) is 19.9 Å². The van der Waals surface area contributed by atoms with Crippen molar-refractivity contribution in [3.05, 3.63) is 83.9 Å². The molecule has 0 spiro atoms. The molecule has 2 heterocycles. The highest BCUT2D eigenvalue weighted by Gasteiger charge is 2.20. The van der Waals surface area contributed by atoms with E-state index in [1.807, 2.05) is 61.0 Å². The zero-order valence-corrected chi connectivity index (χ0v) is 29.5. The molecule has 0 saturated carbocycles. The van der Waals surface area contributed by atoms with Crippen LogP contribution in [-0.2, 0) is 4.74 Å². The fraction of sp³-hybridized carbons (Fsp3) is 0.167. The largest absolute Gasteiger partial charge is 0.497 e. The van der Waals surface area contributed by atoms with E-state index >= 15 is 0 Å². The van der Waals surface area contributed by atoms with E-state index in [-0.39, 0.29) is 17.9 Å². The first-order chi connectivity index (χ1) is 24.1. The van der Waals surface area contributed by atoms with Crippen molar-refractivity contribution in [1.29, 1.82) is 0 Å². The zero-order valence-electron chi connectivity index (χ0n) is 27.9.